The molecule has 1 N–H and O–H groups in total. The Morgan fingerprint density at radius 1 is 1.44 bits per heavy atom. The Labute approximate surface area is 92.8 Å². The van der Waals surface area contributed by atoms with Crippen molar-refractivity contribution < 1.29 is 19.4 Å². The van der Waals surface area contributed by atoms with Gasteiger partial charge in [-0.1, -0.05) is 30.3 Å². The van der Waals surface area contributed by atoms with Crippen molar-refractivity contribution in [3.63, 3.8) is 0 Å². The highest BCUT2D eigenvalue weighted by Crippen LogP contribution is 2.41. The number of carboxylic acid groups (broad SMARTS) is 1. The van der Waals surface area contributed by atoms with Crippen molar-refractivity contribution in [2.24, 2.45) is 5.41 Å². The van der Waals surface area contributed by atoms with Crippen LogP contribution in [0.5, 0.6) is 0 Å². The number of cyclic esters (lactones) is 1. The lowest BCUT2D eigenvalue weighted by molar-refractivity contribution is -0.159. The van der Waals surface area contributed by atoms with Crippen molar-refractivity contribution >= 4 is 11.9 Å². The van der Waals surface area contributed by atoms with E-state index in [2.05, 4.69) is 0 Å². The highest BCUT2D eigenvalue weighted by Gasteiger charge is 2.51. The van der Waals surface area contributed by atoms with Crippen LogP contribution in [-0.2, 0) is 14.3 Å². The van der Waals surface area contributed by atoms with Crippen molar-refractivity contribution in [3.8, 4) is 0 Å². The summed E-state index contributed by atoms with van der Waals surface area (Å²) in [5.74, 6) is -1.79. The molecule has 2 unspecified atom stereocenters. The van der Waals surface area contributed by atoms with E-state index in [1.54, 1.807) is 0 Å². The lowest BCUT2D eigenvalue weighted by Gasteiger charge is -2.11. The van der Waals surface area contributed by atoms with Crippen LogP contribution in [0, 0.1) is 5.41 Å². The van der Waals surface area contributed by atoms with E-state index in [0.29, 0.717) is 0 Å². The third-order valence-corrected chi connectivity index (χ3v) is 2.94. The molecule has 16 heavy (non-hydrogen) atoms. The number of hydrogen-bond donors (Lipinski definition) is 1. The number of carboxylic acids is 1. The van der Waals surface area contributed by atoms with Gasteiger partial charge >= 0.3 is 11.9 Å². The van der Waals surface area contributed by atoms with Gasteiger partial charge in [0.2, 0.25) is 0 Å². The second kappa shape index (κ2) is 3.63. The van der Waals surface area contributed by atoms with E-state index in [-0.39, 0.29) is 6.42 Å². The number of esters is 1. The van der Waals surface area contributed by atoms with Crippen LogP contribution in [0.1, 0.15) is 25.0 Å². The number of carbonyl (C=O) groups excluding carboxylic acids is 1. The highest BCUT2D eigenvalue weighted by atomic mass is 16.6. The molecule has 1 aliphatic rings. The maximum Gasteiger partial charge on any atom is 0.323 e. The van der Waals surface area contributed by atoms with Gasteiger partial charge < -0.3 is 9.84 Å². The molecule has 0 amide bonds. The molecule has 0 radical (unpaired) electrons. The molecule has 1 aromatic rings. The lowest BCUT2D eigenvalue weighted by Crippen LogP contribution is -2.31. The predicted octanol–water partition coefficient (Wildman–Crippen LogP) is 1.77. The molecule has 0 aromatic heterocycles. The van der Waals surface area contributed by atoms with Crippen molar-refractivity contribution in [1.29, 1.82) is 0 Å². The van der Waals surface area contributed by atoms with E-state index in [4.69, 9.17) is 9.84 Å². The number of rotatable bonds is 2. The standard InChI is InChI=1S/C12H12O4/c1-12(10(13)14)7-9(16-11(12)15)8-5-3-2-4-6-8/h2-6,9H,7H2,1H3,(H,13,14). The third kappa shape index (κ3) is 1.56. The molecule has 2 rings (SSSR count). The zero-order valence-electron chi connectivity index (χ0n) is 8.84. The summed E-state index contributed by atoms with van der Waals surface area (Å²) in [4.78, 5) is 22.5. The van der Waals surface area contributed by atoms with Gasteiger partial charge in [-0.25, -0.2) is 0 Å². The van der Waals surface area contributed by atoms with Crippen LogP contribution in [0.2, 0.25) is 0 Å². The minimum atomic E-state index is -1.42. The first-order chi connectivity index (χ1) is 7.54. The van der Waals surface area contributed by atoms with E-state index in [1.807, 2.05) is 30.3 Å². The zero-order valence-corrected chi connectivity index (χ0v) is 8.84. The summed E-state index contributed by atoms with van der Waals surface area (Å²) < 4.78 is 5.10. The summed E-state index contributed by atoms with van der Waals surface area (Å²) in [6, 6.07) is 9.17. The summed E-state index contributed by atoms with van der Waals surface area (Å²) in [5, 5.41) is 9.01. The van der Waals surface area contributed by atoms with Gasteiger partial charge in [0.05, 0.1) is 0 Å². The average Bonchev–Trinajstić information content (AvgIpc) is 2.58. The second-order valence-electron chi connectivity index (χ2n) is 4.15. The van der Waals surface area contributed by atoms with Gasteiger partial charge in [0, 0.05) is 6.42 Å². The summed E-state index contributed by atoms with van der Waals surface area (Å²) >= 11 is 0. The Hall–Kier alpha value is -1.84. The van der Waals surface area contributed by atoms with Crippen LogP contribution in [-0.4, -0.2) is 17.0 Å². The van der Waals surface area contributed by atoms with E-state index < -0.39 is 23.5 Å². The first-order valence-corrected chi connectivity index (χ1v) is 5.03. The molecular weight excluding hydrogens is 208 g/mol. The summed E-state index contributed by atoms with van der Waals surface area (Å²) in [6.45, 7) is 1.40. The van der Waals surface area contributed by atoms with Crippen LogP contribution < -0.4 is 0 Å². The normalized spacial score (nSPS) is 28.8. The predicted molar refractivity (Wildman–Crippen MR) is 55.6 cm³/mol. The minimum Gasteiger partial charge on any atom is -0.480 e. The first kappa shape index (κ1) is 10.7. The topological polar surface area (TPSA) is 63.6 Å². The van der Waals surface area contributed by atoms with Crippen molar-refractivity contribution in [2.45, 2.75) is 19.4 Å². The van der Waals surface area contributed by atoms with E-state index in [1.165, 1.54) is 6.92 Å². The van der Waals surface area contributed by atoms with Gasteiger partial charge in [-0.2, -0.15) is 0 Å². The van der Waals surface area contributed by atoms with Crippen molar-refractivity contribution in [1.82, 2.24) is 0 Å². The van der Waals surface area contributed by atoms with Gasteiger partial charge in [-0.05, 0) is 12.5 Å². The Bertz CT molecular complexity index is 426. The Morgan fingerprint density at radius 2 is 2.06 bits per heavy atom. The monoisotopic (exact) mass is 220 g/mol. The molecule has 1 aliphatic heterocycles. The van der Waals surface area contributed by atoms with Crippen LogP contribution >= 0.6 is 0 Å². The molecule has 0 saturated carbocycles. The lowest BCUT2D eigenvalue weighted by atomic mass is 9.86. The minimum absolute atomic E-state index is 0.186. The van der Waals surface area contributed by atoms with Crippen molar-refractivity contribution in [2.75, 3.05) is 0 Å². The van der Waals surface area contributed by atoms with E-state index in [0.717, 1.165) is 5.56 Å². The SMILES string of the molecule is CC1(C(=O)O)CC(c2ccccc2)OC1=O. The molecule has 0 bridgehead atoms. The molecule has 1 saturated heterocycles. The molecule has 1 fully saturated rings. The number of aliphatic carboxylic acids is 1. The van der Waals surface area contributed by atoms with Crippen LogP contribution in [0.15, 0.2) is 30.3 Å². The summed E-state index contributed by atoms with van der Waals surface area (Å²) in [5.41, 5.74) is -0.582. The number of ether oxygens (including phenoxy) is 1. The highest BCUT2D eigenvalue weighted by molar-refractivity contribution is 6.00. The quantitative estimate of drug-likeness (QED) is 0.609. The number of hydrogen-bond acceptors (Lipinski definition) is 3. The van der Waals surface area contributed by atoms with Crippen molar-refractivity contribution in [3.05, 3.63) is 35.9 Å². The molecule has 0 aliphatic carbocycles. The van der Waals surface area contributed by atoms with Crippen LogP contribution in [0.4, 0.5) is 0 Å². The number of carbonyl (C=O) groups is 2. The van der Waals surface area contributed by atoms with Crippen LogP contribution in [0.25, 0.3) is 0 Å². The summed E-state index contributed by atoms with van der Waals surface area (Å²) in [6.07, 6.45) is -0.264. The Kier molecular flexibility index (Phi) is 2.42. The maximum atomic E-state index is 11.5. The summed E-state index contributed by atoms with van der Waals surface area (Å²) in [7, 11) is 0. The third-order valence-electron chi connectivity index (χ3n) is 2.94. The molecular formula is C12H12O4. The number of benzene rings is 1. The van der Waals surface area contributed by atoms with Gasteiger partial charge in [-0.3, -0.25) is 9.59 Å². The Morgan fingerprint density at radius 3 is 2.56 bits per heavy atom. The van der Waals surface area contributed by atoms with Gasteiger partial charge in [0.25, 0.3) is 0 Å². The molecule has 2 atom stereocenters. The second-order valence-corrected chi connectivity index (χ2v) is 4.15. The molecule has 4 heteroatoms. The van der Waals surface area contributed by atoms with E-state index >= 15 is 0 Å². The average molecular weight is 220 g/mol. The smallest absolute Gasteiger partial charge is 0.323 e. The molecule has 1 aromatic carbocycles. The fourth-order valence-corrected chi connectivity index (χ4v) is 1.78. The fraction of sp³-hybridized carbons (Fsp3) is 0.333. The largest absolute Gasteiger partial charge is 0.480 e. The van der Waals surface area contributed by atoms with Gasteiger partial charge in [0.15, 0.2) is 5.41 Å². The maximum absolute atomic E-state index is 11.5. The molecule has 84 valence electrons. The molecule has 4 nitrogen and oxygen atoms in total. The van der Waals surface area contributed by atoms with Gasteiger partial charge in [-0.15, -0.1) is 0 Å². The molecule has 1 heterocycles. The van der Waals surface area contributed by atoms with Crippen LogP contribution in [0.3, 0.4) is 0 Å². The van der Waals surface area contributed by atoms with E-state index in [9.17, 15) is 9.59 Å². The van der Waals surface area contributed by atoms with Gasteiger partial charge in [0.1, 0.15) is 6.10 Å². The zero-order chi connectivity index (χ0) is 11.8. The molecule has 0 spiro atoms. The fourth-order valence-electron chi connectivity index (χ4n) is 1.78. The Balaban J connectivity index is 2.26. The first-order valence-electron chi connectivity index (χ1n) is 5.03.